The van der Waals surface area contributed by atoms with Crippen molar-refractivity contribution in [3.63, 3.8) is 0 Å². The maximum atomic E-state index is 6.98. The van der Waals surface area contributed by atoms with Crippen molar-refractivity contribution in [2.75, 3.05) is 0 Å². The summed E-state index contributed by atoms with van der Waals surface area (Å²) in [6.45, 7) is 7.03. The van der Waals surface area contributed by atoms with Gasteiger partial charge in [-0.05, 0) is 36.2 Å². The van der Waals surface area contributed by atoms with Crippen LogP contribution in [0.5, 0.6) is 0 Å². The Morgan fingerprint density at radius 3 is 2.50 bits per heavy atom. The summed E-state index contributed by atoms with van der Waals surface area (Å²) in [6.07, 6.45) is 4.79. The quantitative estimate of drug-likeness (QED) is 0.586. The van der Waals surface area contributed by atoms with Crippen molar-refractivity contribution < 1.29 is 0 Å². The molecule has 1 fully saturated rings. The zero-order valence-electron chi connectivity index (χ0n) is 12.8. The smallest absolute Gasteiger partial charge is 0.0462 e. The molecule has 0 N–H and O–H groups in total. The summed E-state index contributed by atoms with van der Waals surface area (Å²) in [5.74, 6) is 2.20. The van der Waals surface area contributed by atoms with Crippen LogP contribution in [0.15, 0.2) is 30.3 Å². The third-order valence-electron chi connectivity index (χ3n) is 4.72. The molecule has 0 aliphatic heterocycles. The Morgan fingerprint density at radius 1 is 1.25 bits per heavy atom. The van der Waals surface area contributed by atoms with E-state index in [-0.39, 0.29) is 0 Å². The van der Waals surface area contributed by atoms with Gasteiger partial charge in [-0.2, -0.15) is 0 Å². The first-order valence-electron chi connectivity index (χ1n) is 7.72. The highest BCUT2D eigenvalue weighted by atomic mass is 35.7. The molecule has 3 heteroatoms. The minimum atomic E-state index is -1.83. The SMILES string of the molecule is CC1CCC(C(C)C)C(P(=S)(Cl)Cc2ccccc2)C1. The fourth-order valence-electron chi connectivity index (χ4n) is 3.54. The van der Waals surface area contributed by atoms with Gasteiger partial charge in [0.05, 0.1) is 0 Å². The Hall–Kier alpha value is 0.160. The number of hydrogen-bond donors (Lipinski definition) is 0. The summed E-state index contributed by atoms with van der Waals surface area (Å²) in [5, 5.41) is -1.83. The molecule has 1 saturated carbocycles. The highest BCUT2D eigenvalue weighted by molar-refractivity contribution is 8.27. The van der Waals surface area contributed by atoms with Crippen LogP contribution in [0.3, 0.4) is 0 Å². The van der Waals surface area contributed by atoms with Gasteiger partial charge in [-0.3, -0.25) is 0 Å². The van der Waals surface area contributed by atoms with E-state index in [1.165, 1.54) is 24.8 Å². The maximum Gasteiger partial charge on any atom is 0.0462 e. The van der Waals surface area contributed by atoms with Gasteiger partial charge in [0.15, 0.2) is 0 Å². The lowest BCUT2D eigenvalue weighted by molar-refractivity contribution is 0.241. The molecule has 4 atom stereocenters. The third-order valence-corrected chi connectivity index (χ3v) is 9.41. The Balaban J connectivity index is 2.18. The Bertz CT molecular complexity index is 471. The second-order valence-electron chi connectivity index (χ2n) is 6.74. The summed E-state index contributed by atoms with van der Waals surface area (Å²) < 4.78 is 0. The molecule has 0 saturated heterocycles. The lowest BCUT2D eigenvalue weighted by Gasteiger charge is -2.41. The highest BCUT2D eigenvalue weighted by Gasteiger charge is 2.38. The number of rotatable bonds is 4. The molecule has 0 radical (unpaired) electrons. The zero-order chi connectivity index (χ0) is 14.8. The largest absolute Gasteiger partial charge is 0.0849 e. The summed E-state index contributed by atoms with van der Waals surface area (Å²) in [7, 11) is 0. The molecular formula is C17H26ClPS. The van der Waals surface area contributed by atoms with E-state index in [0.717, 1.165) is 18.0 Å². The van der Waals surface area contributed by atoms with Crippen molar-refractivity contribution in [1.82, 2.24) is 0 Å². The van der Waals surface area contributed by atoms with Gasteiger partial charge in [0.1, 0.15) is 0 Å². The van der Waals surface area contributed by atoms with Crippen LogP contribution in [0.4, 0.5) is 0 Å². The van der Waals surface area contributed by atoms with Crippen LogP contribution in [0.25, 0.3) is 0 Å². The van der Waals surface area contributed by atoms with Gasteiger partial charge in [-0.15, -0.1) is 0 Å². The van der Waals surface area contributed by atoms with Crippen molar-refractivity contribution in [2.45, 2.75) is 51.9 Å². The topological polar surface area (TPSA) is 0 Å². The molecule has 0 heterocycles. The van der Waals surface area contributed by atoms with Gasteiger partial charge in [0.25, 0.3) is 0 Å². The fourth-order valence-corrected chi connectivity index (χ4v) is 8.49. The molecule has 1 aliphatic rings. The first-order chi connectivity index (χ1) is 9.40. The van der Waals surface area contributed by atoms with Gasteiger partial charge in [0.2, 0.25) is 0 Å². The van der Waals surface area contributed by atoms with E-state index in [1.807, 2.05) is 0 Å². The molecule has 4 unspecified atom stereocenters. The molecule has 1 aromatic rings. The fraction of sp³-hybridized carbons (Fsp3) is 0.647. The summed E-state index contributed by atoms with van der Waals surface area (Å²) in [6, 6.07) is 10.6. The molecule has 0 spiro atoms. The lowest BCUT2D eigenvalue weighted by Crippen LogP contribution is -2.31. The first-order valence-corrected chi connectivity index (χ1v) is 11.7. The van der Waals surface area contributed by atoms with E-state index in [0.29, 0.717) is 11.6 Å². The van der Waals surface area contributed by atoms with Crippen LogP contribution in [0.1, 0.15) is 45.6 Å². The van der Waals surface area contributed by atoms with Gasteiger partial charge in [0, 0.05) is 17.2 Å². The molecule has 112 valence electrons. The van der Waals surface area contributed by atoms with Crippen LogP contribution in [-0.2, 0) is 18.0 Å². The second-order valence-corrected chi connectivity index (χ2v) is 13.5. The monoisotopic (exact) mass is 328 g/mol. The Morgan fingerprint density at radius 2 is 1.90 bits per heavy atom. The molecule has 0 aromatic heterocycles. The normalized spacial score (nSPS) is 30.1. The minimum Gasteiger partial charge on any atom is -0.0849 e. The van der Waals surface area contributed by atoms with Crippen molar-refractivity contribution in [3.8, 4) is 0 Å². The van der Waals surface area contributed by atoms with Crippen LogP contribution in [-0.4, -0.2) is 5.66 Å². The summed E-state index contributed by atoms with van der Waals surface area (Å²) in [5.41, 5.74) is 1.87. The standard InChI is InChI=1S/C17H26ClPS/c1-13(2)16-10-9-14(3)11-17(16)19(18,20)12-15-7-5-4-6-8-15/h4-8,13-14,16-17H,9-12H2,1-3H3. The highest BCUT2D eigenvalue weighted by Crippen LogP contribution is 2.65. The molecule has 0 bridgehead atoms. The predicted octanol–water partition coefficient (Wildman–Crippen LogP) is 6.28. The molecule has 0 amide bonds. The van der Waals surface area contributed by atoms with Crippen LogP contribution >= 0.6 is 16.6 Å². The Kier molecular flexibility index (Phi) is 5.74. The second kappa shape index (κ2) is 6.95. The van der Waals surface area contributed by atoms with E-state index in [1.54, 1.807) is 0 Å². The molecular weight excluding hydrogens is 303 g/mol. The van der Waals surface area contributed by atoms with Crippen LogP contribution in [0.2, 0.25) is 0 Å². The first kappa shape index (κ1) is 16.5. The zero-order valence-corrected chi connectivity index (χ0v) is 15.2. The van der Waals surface area contributed by atoms with Gasteiger partial charge in [-0.25, -0.2) is 0 Å². The number of benzene rings is 1. The predicted molar refractivity (Wildman–Crippen MR) is 95.4 cm³/mol. The Labute approximate surface area is 134 Å². The van der Waals surface area contributed by atoms with Crippen molar-refractivity contribution in [1.29, 1.82) is 0 Å². The minimum absolute atomic E-state index is 0.558. The molecule has 1 aliphatic carbocycles. The van der Waals surface area contributed by atoms with E-state index < -0.39 is 5.39 Å². The average molecular weight is 329 g/mol. The van der Waals surface area contributed by atoms with E-state index in [2.05, 4.69) is 51.1 Å². The van der Waals surface area contributed by atoms with Crippen LogP contribution < -0.4 is 0 Å². The lowest BCUT2D eigenvalue weighted by atomic mass is 9.77. The van der Waals surface area contributed by atoms with Crippen molar-refractivity contribution >= 4 is 28.4 Å². The molecule has 0 nitrogen and oxygen atoms in total. The number of hydrogen-bond acceptors (Lipinski definition) is 1. The van der Waals surface area contributed by atoms with Gasteiger partial charge < -0.3 is 0 Å². The van der Waals surface area contributed by atoms with E-state index in [9.17, 15) is 0 Å². The van der Waals surface area contributed by atoms with Crippen molar-refractivity contribution in [3.05, 3.63) is 35.9 Å². The van der Waals surface area contributed by atoms with Gasteiger partial charge >= 0.3 is 0 Å². The molecule has 1 aromatic carbocycles. The summed E-state index contributed by atoms with van der Waals surface area (Å²) in [4.78, 5) is 0. The van der Waals surface area contributed by atoms with E-state index >= 15 is 0 Å². The van der Waals surface area contributed by atoms with Gasteiger partial charge in [-0.1, -0.05) is 80.6 Å². The van der Waals surface area contributed by atoms with Crippen molar-refractivity contribution in [2.24, 2.45) is 17.8 Å². The third kappa shape index (κ3) is 4.09. The van der Waals surface area contributed by atoms with Crippen LogP contribution in [0, 0.1) is 17.8 Å². The molecule has 2 rings (SSSR count). The summed E-state index contributed by atoms with van der Waals surface area (Å²) >= 11 is 13.0. The number of halogens is 1. The van der Waals surface area contributed by atoms with E-state index in [4.69, 9.17) is 23.0 Å². The average Bonchev–Trinajstić information content (AvgIpc) is 2.39. The molecule has 20 heavy (non-hydrogen) atoms. The maximum absolute atomic E-state index is 6.98.